The standard InChI is InChI=1S/C14H25N3O2/c1-5-8-9-10(4)17-11(6-2)16-12(13(17)15)14(18)19-7-3/h10H,5-9,15H2,1-4H3. The predicted octanol–water partition coefficient (Wildman–Crippen LogP) is 2.96. The summed E-state index contributed by atoms with van der Waals surface area (Å²) in [5.41, 5.74) is 6.34. The van der Waals surface area contributed by atoms with Crippen LogP contribution in [0.3, 0.4) is 0 Å². The van der Waals surface area contributed by atoms with Crippen LogP contribution in [0.25, 0.3) is 0 Å². The smallest absolute Gasteiger partial charge is 0.360 e. The van der Waals surface area contributed by atoms with Crippen molar-refractivity contribution >= 4 is 11.8 Å². The van der Waals surface area contributed by atoms with E-state index in [1.165, 1.54) is 0 Å². The minimum atomic E-state index is -0.434. The van der Waals surface area contributed by atoms with E-state index in [1.54, 1.807) is 6.92 Å². The van der Waals surface area contributed by atoms with Gasteiger partial charge in [-0.1, -0.05) is 26.7 Å². The van der Waals surface area contributed by atoms with Gasteiger partial charge in [-0.15, -0.1) is 0 Å². The van der Waals surface area contributed by atoms with Gasteiger partial charge in [0.15, 0.2) is 5.69 Å². The van der Waals surface area contributed by atoms with Gasteiger partial charge in [-0.2, -0.15) is 0 Å². The third-order valence-corrected chi connectivity index (χ3v) is 3.22. The monoisotopic (exact) mass is 267 g/mol. The number of hydrogen-bond donors (Lipinski definition) is 1. The summed E-state index contributed by atoms with van der Waals surface area (Å²) in [6.45, 7) is 8.39. The number of carbonyl (C=O) groups excluding carboxylic acids is 1. The van der Waals surface area contributed by atoms with Gasteiger partial charge in [0.05, 0.1) is 6.61 Å². The predicted molar refractivity (Wildman–Crippen MR) is 76.2 cm³/mol. The maximum Gasteiger partial charge on any atom is 0.360 e. The van der Waals surface area contributed by atoms with Gasteiger partial charge in [-0.05, 0) is 20.3 Å². The van der Waals surface area contributed by atoms with Crippen LogP contribution >= 0.6 is 0 Å². The molecule has 1 atom stereocenters. The molecule has 1 unspecified atom stereocenters. The van der Waals surface area contributed by atoms with Gasteiger partial charge in [-0.3, -0.25) is 0 Å². The number of imidazole rings is 1. The Balaban J connectivity index is 3.06. The molecule has 108 valence electrons. The number of esters is 1. The van der Waals surface area contributed by atoms with E-state index in [9.17, 15) is 4.79 Å². The highest BCUT2D eigenvalue weighted by Gasteiger charge is 2.23. The fourth-order valence-corrected chi connectivity index (χ4v) is 2.21. The fourth-order valence-electron chi connectivity index (χ4n) is 2.21. The molecular weight excluding hydrogens is 242 g/mol. The highest BCUT2D eigenvalue weighted by atomic mass is 16.5. The van der Waals surface area contributed by atoms with Gasteiger partial charge < -0.3 is 15.0 Å². The minimum absolute atomic E-state index is 0.252. The highest BCUT2D eigenvalue weighted by molar-refractivity contribution is 5.92. The molecule has 1 aromatic heterocycles. The number of nitrogens with zero attached hydrogens (tertiary/aromatic N) is 2. The van der Waals surface area contributed by atoms with Crippen molar-refractivity contribution in [2.75, 3.05) is 12.3 Å². The van der Waals surface area contributed by atoms with Gasteiger partial charge in [0.2, 0.25) is 0 Å². The molecular formula is C14H25N3O2. The molecule has 0 aliphatic heterocycles. The van der Waals surface area contributed by atoms with Crippen LogP contribution in [0.15, 0.2) is 0 Å². The molecule has 0 amide bonds. The molecule has 0 saturated carbocycles. The molecule has 19 heavy (non-hydrogen) atoms. The largest absolute Gasteiger partial charge is 0.461 e. The van der Waals surface area contributed by atoms with Crippen LogP contribution in [-0.2, 0) is 11.2 Å². The highest BCUT2D eigenvalue weighted by Crippen LogP contribution is 2.25. The first-order chi connectivity index (χ1) is 9.06. The third kappa shape index (κ3) is 3.49. The average Bonchev–Trinajstić information content (AvgIpc) is 2.73. The van der Waals surface area contributed by atoms with Crippen LogP contribution in [0, 0.1) is 0 Å². The third-order valence-electron chi connectivity index (χ3n) is 3.22. The van der Waals surface area contributed by atoms with E-state index in [2.05, 4.69) is 18.8 Å². The number of rotatable bonds is 7. The van der Waals surface area contributed by atoms with Crippen LogP contribution in [0.4, 0.5) is 5.82 Å². The summed E-state index contributed by atoms with van der Waals surface area (Å²) in [7, 11) is 0. The van der Waals surface area contributed by atoms with Gasteiger partial charge in [-0.25, -0.2) is 9.78 Å². The average molecular weight is 267 g/mol. The van der Waals surface area contributed by atoms with Crippen LogP contribution in [0.1, 0.15) is 69.3 Å². The maximum absolute atomic E-state index is 11.8. The van der Waals surface area contributed by atoms with Crippen molar-refractivity contribution < 1.29 is 9.53 Å². The molecule has 1 rings (SSSR count). The summed E-state index contributed by atoms with van der Waals surface area (Å²) in [6.07, 6.45) is 4.06. The lowest BCUT2D eigenvalue weighted by atomic mass is 10.1. The Bertz CT molecular complexity index is 427. The number of hydrogen-bond acceptors (Lipinski definition) is 4. The van der Waals surface area contributed by atoms with E-state index in [1.807, 2.05) is 11.5 Å². The molecule has 0 bridgehead atoms. The van der Waals surface area contributed by atoms with E-state index in [4.69, 9.17) is 10.5 Å². The molecule has 0 spiro atoms. The Hall–Kier alpha value is -1.52. The van der Waals surface area contributed by atoms with Crippen molar-refractivity contribution in [1.82, 2.24) is 9.55 Å². The summed E-state index contributed by atoms with van der Waals surface area (Å²) in [6, 6.07) is 0.255. The van der Waals surface area contributed by atoms with Crippen LogP contribution < -0.4 is 5.73 Å². The van der Waals surface area contributed by atoms with E-state index in [0.717, 1.165) is 31.5 Å². The number of nitrogens with two attached hydrogens (primary N) is 1. The summed E-state index contributed by atoms with van der Waals surface area (Å²) in [5.74, 6) is 0.846. The summed E-state index contributed by atoms with van der Waals surface area (Å²) in [4.78, 5) is 16.1. The van der Waals surface area contributed by atoms with Crippen LogP contribution in [0.5, 0.6) is 0 Å². The Labute approximate surface area is 115 Å². The molecule has 2 N–H and O–H groups in total. The lowest BCUT2D eigenvalue weighted by Crippen LogP contribution is -2.13. The van der Waals surface area contributed by atoms with Crippen molar-refractivity contribution in [2.45, 2.75) is 59.4 Å². The van der Waals surface area contributed by atoms with Crippen molar-refractivity contribution in [3.8, 4) is 0 Å². The van der Waals surface area contributed by atoms with Gasteiger partial charge in [0.1, 0.15) is 11.6 Å². The topological polar surface area (TPSA) is 70.1 Å². The molecule has 0 aliphatic carbocycles. The first-order valence-electron chi connectivity index (χ1n) is 7.10. The van der Waals surface area contributed by atoms with E-state index < -0.39 is 5.97 Å². The fraction of sp³-hybridized carbons (Fsp3) is 0.714. The zero-order chi connectivity index (χ0) is 14.4. The van der Waals surface area contributed by atoms with Crippen LogP contribution in [0.2, 0.25) is 0 Å². The molecule has 0 fully saturated rings. The van der Waals surface area contributed by atoms with E-state index in [-0.39, 0.29) is 11.7 Å². The number of aromatic nitrogens is 2. The van der Waals surface area contributed by atoms with Crippen molar-refractivity contribution in [2.24, 2.45) is 0 Å². The zero-order valence-corrected chi connectivity index (χ0v) is 12.4. The second-order valence-electron chi connectivity index (χ2n) is 4.70. The molecule has 0 aliphatic rings. The molecule has 0 saturated heterocycles. The molecule has 0 radical (unpaired) electrons. The second kappa shape index (κ2) is 7.16. The van der Waals surface area contributed by atoms with Crippen molar-refractivity contribution in [3.63, 3.8) is 0 Å². The van der Waals surface area contributed by atoms with E-state index >= 15 is 0 Å². The lowest BCUT2D eigenvalue weighted by Gasteiger charge is -2.17. The van der Waals surface area contributed by atoms with Gasteiger partial charge in [0, 0.05) is 12.5 Å². The van der Waals surface area contributed by atoms with E-state index in [0.29, 0.717) is 12.4 Å². The summed E-state index contributed by atoms with van der Waals surface area (Å²) in [5, 5.41) is 0. The number of ether oxygens (including phenoxy) is 1. The number of nitrogen functional groups attached to an aromatic ring is 1. The Kier molecular flexibility index (Phi) is 5.86. The molecule has 0 aromatic carbocycles. The molecule has 1 aromatic rings. The number of unbranched alkanes of at least 4 members (excludes halogenated alkanes) is 1. The van der Waals surface area contributed by atoms with Crippen LogP contribution in [-0.4, -0.2) is 22.1 Å². The second-order valence-corrected chi connectivity index (χ2v) is 4.70. The Morgan fingerprint density at radius 3 is 2.63 bits per heavy atom. The molecule has 5 heteroatoms. The number of carbonyl (C=O) groups is 1. The molecule has 1 heterocycles. The first kappa shape index (κ1) is 15.5. The summed E-state index contributed by atoms with van der Waals surface area (Å²) >= 11 is 0. The van der Waals surface area contributed by atoms with Crippen molar-refractivity contribution in [1.29, 1.82) is 0 Å². The quantitative estimate of drug-likeness (QED) is 0.771. The van der Waals surface area contributed by atoms with Crippen molar-refractivity contribution in [3.05, 3.63) is 11.5 Å². The first-order valence-corrected chi connectivity index (χ1v) is 7.10. The molecule has 5 nitrogen and oxygen atoms in total. The Morgan fingerprint density at radius 1 is 1.42 bits per heavy atom. The lowest BCUT2D eigenvalue weighted by molar-refractivity contribution is 0.0521. The van der Waals surface area contributed by atoms with Gasteiger partial charge in [0.25, 0.3) is 0 Å². The van der Waals surface area contributed by atoms with Gasteiger partial charge >= 0.3 is 5.97 Å². The SMILES string of the molecule is CCCCC(C)n1c(CC)nc(C(=O)OCC)c1N. The zero-order valence-electron chi connectivity index (χ0n) is 12.4. The normalized spacial score (nSPS) is 12.4. The number of anilines is 1. The maximum atomic E-state index is 11.8. The number of aryl methyl sites for hydroxylation is 1. The minimum Gasteiger partial charge on any atom is -0.461 e. The Morgan fingerprint density at radius 2 is 2.11 bits per heavy atom. The summed E-state index contributed by atoms with van der Waals surface area (Å²) < 4.78 is 6.96.